The second-order valence-corrected chi connectivity index (χ2v) is 8.70. The summed E-state index contributed by atoms with van der Waals surface area (Å²) in [7, 11) is -3.64. The SMILES string of the molecule is Cc1ccc(Cl)cc1N([C@H](C)C(=O)NC(C)(C)C)S(C)(=O)=O. The topological polar surface area (TPSA) is 66.5 Å². The largest absolute Gasteiger partial charge is 0.350 e. The van der Waals surface area contributed by atoms with Crippen LogP contribution in [0, 0.1) is 6.92 Å². The van der Waals surface area contributed by atoms with Crippen LogP contribution in [0.5, 0.6) is 0 Å². The third-order valence-electron chi connectivity index (χ3n) is 3.00. The first-order chi connectivity index (χ1) is 9.83. The zero-order valence-corrected chi connectivity index (χ0v) is 15.3. The molecule has 0 saturated carbocycles. The summed E-state index contributed by atoms with van der Waals surface area (Å²) in [5.74, 6) is -0.364. The Morgan fingerprint density at radius 3 is 2.32 bits per heavy atom. The van der Waals surface area contributed by atoms with Gasteiger partial charge in [0.25, 0.3) is 0 Å². The number of benzene rings is 1. The molecule has 0 aliphatic heterocycles. The maximum absolute atomic E-state index is 12.4. The lowest BCUT2D eigenvalue weighted by Crippen LogP contribution is -2.52. The molecule has 1 atom stereocenters. The number of nitrogens with zero attached hydrogens (tertiary/aromatic N) is 1. The fourth-order valence-corrected chi connectivity index (χ4v) is 3.47. The van der Waals surface area contributed by atoms with Crippen molar-refractivity contribution >= 4 is 33.2 Å². The molecule has 0 radical (unpaired) electrons. The lowest BCUT2D eigenvalue weighted by Gasteiger charge is -2.32. The standard InChI is InChI=1S/C15H23ClN2O3S/c1-10-7-8-12(16)9-13(10)18(22(6,20)21)11(2)14(19)17-15(3,4)5/h7-9,11H,1-6H3,(H,17,19)/t11-/m1/s1. The third-order valence-corrected chi connectivity index (χ3v) is 4.46. The van der Waals surface area contributed by atoms with Gasteiger partial charge in [0.1, 0.15) is 6.04 Å². The lowest BCUT2D eigenvalue weighted by atomic mass is 10.1. The van der Waals surface area contributed by atoms with Crippen molar-refractivity contribution in [3.8, 4) is 0 Å². The Morgan fingerprint density at radius 1 is 1.32 bits per heavy atom. The number of aryl methyl sites for hydroxylation is 1. The number of carbonyl (C=O) groups excluding carboxylic acids is 1. The van der Waals surface area contributed by atoms with Gasteiger partial charge in [0, 0.05) is 10.6 Å². The lowest BCUT2D eigenvalue weighted by molar-refractivity contribution is -0.123. The molecule has 22 heavy (non-hydrogen) atoms. The van der Waals surface area contributed by atoms with Crippen molar-refractivity contribution in [3.05, 3.63) is 28.8 Å². The zero-order valence-electron chi connectivity index (χ0n) is 13.8. The van der Waals surface area contributed by atoms with E-state index in [1.54, 1.807) is 32.0 Å². The highest BCUT2D eigenvalue weighted by Gasteiger charge is 2.31. The van der Waals surface area contributed by atoms with E-state index in [-0.39, 0.29) is 5.91 Å². The number of rotatable bonds is 4. The molecule has 0 fully saturated rings. The van der Waals surface area contributed by atoms with Gasteiger partial charge in [-0.15, -0.1) is 0 Å². The van der Waals surface area contributed by atoms with E-state index in [1.807, 2.05) is 20.8 Å². The first-order valence-electron chi connectivity index (χ1n) is 6.90. The molecule has 1 aromatic rings. The van der Waals surface area contributed by atoms with Gasteiger partial charge in [-0.3, -0.25) is 9.10 Å². The van der Waals surface area contributed by atoms with Gasteiger partial charge in [-0.05, 0) is 52.3 Å². The normalized spacial score (nSPS) is 13.6. The smallest absolute Gasteiger partial charge is 0.244 e. The second-order valence-electron chi connectivity index (χ2n) is 6.40. The molecule has 124 valence electrons. The van der Waals surface area contributed by atoms with Crippen molar-refractivity contribution < 1.29 is 13.2 Å². The molecule has 0 unspecified atom stereocenters. The summed E-state index contributed by atoms with van der Waals surface area (Å²) >= 11 is 5.98. The van der Waals surface area contributed by atoms with Crippen molar-refractivity contribution in [1.82, 2.24) is 5.32 Å². The molecule has 0 aromatic heterocycles. The first-order valence-corrected chi connectivity index (χ1v) is 9.13. The maximum Gasteiger partial charge on any atom is 0.244 e. The summed E-state index contributed by atoms with van der Waals surface area (Å²) in [6.45, 7) is 8.85. The average molecular weight is 347 g/mol. The van der Waals surface area contributed by atoms with Crippen LogP contribution in [0.15, 0.2) is 18.2 Å². The van der Waals surface area contributed by atoms with Gasteiger partial charge in [0.15, 0.2) is 0 Å². The Morgan fingerprint density at radius 2 is 1.86 bits per heavy atom. The predicted molar refractivity (Wildman–Crippen MR) is 90.9 cm³/mol. The summed E-state index contributed by atoms with van der Waals surface area (Å²) in [6.07, 6.45) is 1.08. The van der Waals surface area contributed by atoms with Crippen molar-refractivity contribution in [3.63, 3.8) is 0 Å². The Labute approximate surface area is 137 Å². The Bertz CT molecular complexity index is 666. The van der Waals surface area contributed by atoms with Crippen LogP contribution in [-0.4, -0.2) is 32.2 Å². The quantitative estimate of drug-likeness (QED) is 0.911. The summed E-state index contributed by atoms with van der Waals surface area (Å²) < 4.78 is 25.5. The first kappa shape index (κ1) is 18.8. The fourth-order valence-electron chi connectivity index (χ4n) is 2.08. The van der Waals surface area contributed by atoms with E-state index in [4.69, 9.17) is 11.6 Å². The minimum atomic E-state index is -3.64. The van der Waals surface area contributed by atoms with Gasteiger partial charge in [-0.2, -0.15) is 0 Å². The van der Waals surface area contributed by atoms with Crippen LogP contribution in [-0.2, 0) is 14.8 Å². The second kappa shape index (κ2) is 6.46. The minimum absolute atomic E-state index is 0.364. The van der Waals surface area contributed by atoms with Crippen LogP contribution < -0.4 is 9.62 Å². The molecular formula is C15H23ClN2O3S. The number of carbonyl (C=O) groups is 1. The summed E-state index contributed by atoms with van der Waals surface area (Å²) in [5, 5.41) is 3.21. The van der Waals surface area contributed by atoms with E-state index < -0.39 is 21.6 Å². The van der Waals surface area contributed by atoms with Crippen molar-refractivity contribution in [2.75, 3.05) is 10.6 Å². The van der Waals surface area contributed by atoms with Crippen molar-refractivity contribution in [1.29, 1.82) is 0 Å². The van der Waals surface area contributed by atoms with Gasteiger partial charge < -0.3 is 5.32 Å². The number of sulfonamides is 1. The fraction of sp³-hybridized carbons (Fsp3) is 0.533. The number of amides is 1. The monoisotopic (exact) mass is 346 g/mol. The summed E-state index contributed by atoms with van der Waals surface area (Å²) in [4.78, 5) is 12.4. The Hall–Kier alpha value is -1.27. The molecule has 0 heterocycles. The van der Waals surface area contributed by atoms with Crippen LogP contribution >= 0.6 is 11.6 Å². The number of anilines is 1. The van der Waals surface area contributed by atoms with Gasteiger partial charge in [0.2, 0.25) is 15.9 Å². The number of halogens is 1. The average Bonchev–Trinajstić information content (AvgIpc) is 2.29. The number of nitrogens with one attached hydrogen (secondary N) is 1. The molecule has 1 rings (SSSR count). The maximum atomic E-state index is 12.4. The van der Waals surface area contributed by atoms with Crippen LogP contribution in [0.25, 0.3) is 0 Å². The van der Waals surface area contributed by atoms with Gasteiger partial charge >= 0.3 is 0 Å². The number of hydrogen-bond acceptors (Lipinski definition) is 3. The van der Waals surface area contributed by atoms with Crippen molar-refractivity contribution in [2.24, 2.45) is 0 Å². The summed E-state index contributed by atoms with van der Waals surface area (Å²) in [6, 6.07) is 4.08. The van der Waals surface area contributed by atoms with E-state index in [0.717, 1.165) is 16.1 Å². The Kier molecular flexibility index (Phi) is 5.51. The molecule has 0 saturated heterocycles. The molecule has 0 aliphatic rings. The van der Waals surface area contributed by atoms with Crippen molar-refractivity contribution in [2.45, 2.75) is 46.2 Å². The third kappa shape index (κ3) is 4.88. The van der Waals surface area contributed by atoms with E-state index in [0.29, 0.717) is 10.7 Å². The van der Waals surface area contributed by atoms with Crippen LogP contribution in [0.2, 0.25) is 5.02 Å². The molecule has 0 aliphatic carbocycles. The van der Waals surface area contributed by atoms with Gasteiger partial charge in [0.05, 0.1) is 11.9 Å². The van der Waals surface area contributed by atoms with Crippen LogP contribution in [0.4, 0.5) is 5.69 Å². The predicted octanol–water partition coefficient (Wildman–Crippen LogP) is 2.72. The summed E-state index contributed by atoms with van der Waals surface area (Å²) in [5.41, 5.74) is 0.689. The molecule has 5 nitrogen and oxygen atoms in total. The van der Waals surface area contributed by atoms with E-state index >= 15 is 0 Å². The van der Waals surface area contributed by atoms with Gasteiger partial charge in [-0.1, -0.05) is 17.7 Å². The highest BCUT2D eigenvalue weighted by Crippen LogP contribution is 2.28. The highest BCUT2D eigenvalue weighted by atomic mass is 35.5. The van der Waals surface area contributed by atoms with Crippen LogP contribution in [0.3, 0.4) is 0 Å². The Balaban J connectivity index is 3.31. The van der Waals surface area contributed by atoms with Gasteiger partial charge in [-0.25, -0.2) is 8.42 Å². The van der Waals surface area contributed by atoms with E-state index in [2.05, 4.69) is 5.32 Å². The molecule has 1 aromatic carbocycles. The number of hydrogen-bond donors (Lipinski definition) is 1. The molecule has 0 spiro atoms. The zero-order chi connectivity index (χ0) is 17.3. The molecule has 0 bridgehead atoms. The van der Waals surface area contributed by atoms with Crippen LogP contribution in [0.1, 0.15) is 33.3 Å². The highest BCUT2D eigenvalue weighted by molar-refractivity contribution is 7.92. The van der Waals surface area contributed by atoms with E-state index in [9.17, 15) is 13.2 Å². The molecule has 1 amide bonds. The minimum Gasteiger partial charge on any atom is -0.350 e. The molecule has 1 N–H and O–H groups in total. The van der Waals surface area contributed by atoms with E-state index in [1.165, 1.54) is 0 Å². The molecular weight excluding hydrogens is 324 g/mol. The molecule has 7 heteroatoms.